The maximum absolute atomic E-state index is 3.06. The third kappa shape index (κ3) is 2.83. The van der Waals surface area contributed by atoms with E-state index in [-0.39, 0.29) is 0 Å². The second kappa shape index (κ2) is 7.95. The van der Waals surface area contributed by atoms with Gasteiger partial charge in [0.1, 0.15) is 0 Å². The predicted molar refractivity (Wildman–Crippen MR) is 113 cm³/mol. The number of hydrogen-bond acceptors (Lipinski definition) is 0. The maximum atomic E-state index is 2.42. The summed E-state index contributed by atoms with van der Waals surface area (Å²) in [6.07, 6.45) is 4.73. The Hall–Kier alpha value is -1.28. The van der Waals surface area contributed by atoms with Crippen LogP contribution >= 0.6 is 0 Å². The molecule has 1 aliphatic heterocycles. The van der Waals surface area contributed by atoms with Gasteiger partial charge < -0.3 is 0 Å². The van der Waals surface area contributed by atoms with Crippen molar-refractivity contribution in [3.63, 3.8) is 0 Å². The van der Waals surface area contributed by atoms with E-state index in [4.69, 9.17) is 0 Å². The van der Waals surface area contributed by atoms with Crippen molar-refractivity contribution >= 4 is 25.5 Å². The Kier molecular flexibility index (Phi) is 5.88. The number of hydrogen-bond donors (Lipinski definition) is 0. The van der Waals surface area contributed by atoms with Gasteiger partial charge in [-0.1, -0.05) is 0 Å². The molecule has 0 saturated heterocycles. The summed E-state index contributed by atoms with van der Waals surface area (Å²) in [5, 5.41) is 0. The van der Waals surface area contributed by atoms with Gasteiger partial charge in [-0.2, -0.15) is 0 Å². The second-order valence-electron chi connectivity index (χ2n) is 6.81. The van der Waals surface area contributed by atoms with E-state index in [1.54, 1.807) is 18.3 Å². The van der Waals surface area contributed by atoms with Crippen LogP contribution in [0.2, 0.25) is 0 Å². The molecule has 0 aliphatic carbocycles. The quantitative estimate of drug-likeness (QED) is 0.519. The van der Waals surface area contributed by atoms with Crippen LogP contribution in [0.25, 0.3) is 0 Å². The average molecular weight is 437 g/mol. The van der Waals surface area contributed by atoms with E-state index in [9.17, 15) is 0 Å². The minimum absolute atomic E-state index is 1.17. The standard InChI is InChI=1S/C12H20.2C6H5.Sn/c1-5-9-11(7-3)12(8-4)10-6-2;2*1-2-4-6-5-3-1;/h5-8H2,1-4H3;2*1-5H;. The molecule has 0 bridgehead atoms. The first-order valence-electron chi connectivity index (χ1n) is 9.81. The van der Waals surface area contributed by atoms with Crippen LogP contribution in [0.3, 0.4) is 0 Å². The summed E-state index contributed by atoms with van der Waals surface area (Å²) >= 11 is -3.06. The molecule has 0 nitrogen and oxygen atoms in total. The molecule has 1 aliphatic rings. The molecule has 1 heteroatoms. The van der Waals surface area contributed by atoms with E-state index in [0.29, 0.717) is 0 Å². The summed E-state index contributed by atoms with van der Waals surface area (Å²) in [6.45, 7) is 9.47. The van der Waals surface area contributed by atoms with Gasteiger partial charge in [0.25, 0.3) is 0 Å². The molecule has 1 heterocycles. The van der Waals surface area contributed by atoms with Gasteiger partial charge >= 0.3 is 158 Å². The van der Waals surface area contributed by atoms with Crippen molar-refractivity contribution < 1.29 is 0 Å². The molecule has 2 aromatic carbocycles. The Morgan fingerprint density at radius 2 is 0.880 bits per heavy atom. The fraction of sp³-hybridized carbons (Fsp3) is 0.333. The molecule has 0 fully saturated rings. The van der Waals surface area contributed by atoms with Crippen LogP contribution in [0.5, 0.6) is 0 Å². The number of benzene rings is 2. The summed E-state index contributed by atoms with van der Waals surface area (Å²) in [5.41, 5.74) is 3.40. The molecule has 25 heavy (non-hydrogen) atoms. The Morgan fingerprint density at radius 3 is 1.16 bits per heavy atom. The van der Waals surface area contributed by atoms with Crippen molar-refractivity contribution in [2.75, 3.05) is 0 Å². The number of rotatable bonds is 6. The van der Waals surface area contributed by atoms with Crippen molar-refractivity contribution in [1.82, 2.24) is 0 Å². The zero-order chi connectivity index (χ0) is 17.9. The molecule has 0 aromatic heterocycles. The molecular formula is C24H30Sn. The fourth-order valence-electron chi connectivity index (χ4n) is 5.05. The minimum atomic E-state index is -3.06. The summed E-state index contributed by atoms with van der Waals surface area (Å²) in [4.78, 5) is 0. The predicted octanol–water partition coefficient (Wildman–Crippen LogP) is 5.57. The van der Waals surface area contributed by atoms with Gasteiger partial charge in [0.05, 0.1) is 0 Å². The van der Waals surface area contributed by atoms with Crippen molar-refractivity contribution in [2.24, 2.45) is 0 Å². The summed E-state index contributed by atoms with van der Waals surface area (Å²) in [6, 6.07) is 23.0. The van der Waals surface area contributed by atoms with Crippen LogP contribution in [-0.4, -0.2) is 18.4 Å². The first-order chi connectivity index (χ1) is 12.2. The molecule has 0 amide bonds. The molecule has 130 valence electrons. The van der Waals surface area contributed by atoms with Crippen LogP contribution in [0.15, 0.2) is 79.0 Å². The van der Waals surface area contributed by atoms with Crippen molar-refractivity contribution in [3.05, 3.63) is 79.0 Å². The zero-order valence-electron chi connectivity index (χ0n) is 16.1. The van der Waals surface area contributed by atoms with Gasteiger partial charge in [0, 0.05) is 0 Å². The van der Waals surface area contributed by atoms with Gasteiger partial charge in [-0.15, -0.1) is 0 Å². The molecule has 0 radical (unpaired) electrons. The van der Waals surface area contributed by atoms with Gasteiger partial charge in [-0.05, 0) is 0 Å². The normalized spacial score (nSPS) is 16.6. The molecule has 0 N–H and O–H groups in total. The van der Waals surface area contributed by atoms with E-state index in [1.807, 2.05) is 7.18 Å². The molecule has 0 saturated carbocycles. The van der Waals surface area contributed by atoms with Crippen molar-refractivity contribution in [3.8, 4) is 0 Å². The molecule has 3 rings (SSSR count). The summed E-state index contributed by atoms with van der Waals surface area (Å²) in [5.74, 6) is 0. The van der Waals surface area contributed by atoms with Gasteiger partial charge in [-0.25, -0.2) is 0 Å². The van der Waals surface area contributed by atoms with Crippen LogP contribution < -0.4 is 7.16 Å². The van der Waals surface area contributed by atoms with Crippen molar-refractivity contribution in [1.29, 1.82) is 0 Å². The van der Waals surface area contributed by atoms with E-state index >= 15 is 0 Å². The monoisotopic (exact) mass is 438 g/mol. The van der Waals surface area contributed by atoms with Crippen LogP contribution in [-0.2, 0) is 0 Å². The molecule has 0 atom stereocenters. The third-order valence-corrected chi connectivity index (χ3v) is 21.6. The topological polar surface area (TPSA) is 0 Å². The van der Waals surface area contributed by atoms with Crippen LogP contribution in [0, 0.1) is 0 Å². The fourth-order valence-corrected chi connectivity index (χ4v) is 22.5. The third-order valence-electron chi connectivity index (χ3n) is 5.83. The first-order valence-corrected chi connectivity index (χ1v) is 15.5. The molecule has 0 unspecified atom stereocenters. The Balaban J connectivity index is 2.45. The SMILES string of the molecule is CCC1=[C](CC)[Sn]([c]2ccccc2)([c]2ccccc2)[C](CC)=C1CC. The molecule has 0 spiro atoms. The zero-order valence-corrected chi connectivity index (χ0v) is 19.0. The summed E-state index contributed by atoms with van der Waals surface area (Å²) < 4.78 is 6.91. The average Bonchev–Trinajstić information content (AvgIpc) is 2.98. The molecular weight excluding hydrogens is 407 g/mol. The van der Waals surface area contributed by atoms with E-state index in [2.05, 4.69) is 88.4 Å². The first kappa shape index (κ1) is 18.5. The van der Waals surface area contributed by atoms with E-state index < -0.39 is 18.4 Å². The van der Waals surface area contributed by atoms with Gasteiger partial charge in [-0.3, -0.25) is 0 Å². The molecule has 2 aromatic rings. The Labute approximate surface area is 157 Å². The van der Waals surface area contributed by atoms with E-state index in [0.717, 1.165) is 0 Å². The van der Waals surface area contributed by atoms with Crippen molar-refractivity contribution in [2.45, 2.75) is 53.4 Å². The van der Waals surface area contributed by atoms with Crippen LogP contribution in [0.4, 0.5) is 0 Å². The van der Waals surface area contributed by atoms with E-state index in [1.165, 1.54) is 25.7 Å². The Morgan fingerprint density at radius 1 is 0.520 bits per heavy atom. The van der Waals surface area contributed by atoms with Crippen LogP contribution in [0.1, 0.15) is 53.4 Å². The van der Waals surface area contributed by atoms with Gasteiger partial charge in [0.2, 0.25) is 0 Å². The Bertz CT molecular complexity index is 712. The second-order valence-corrected chi connectivity index (χ2v) is 17.8. The number of allylic oxidation sites excluding steroid dienone is 4. The summed E-state index contributed by atoms with van der Waals surface area (Å²) in [7, 11) is 0. The van der Waals surface area contributed by atoms with Gasteiger partial charge in [0.15, 0.2) is 0 Å².